The molecule has 7 aromatic carbocycles. The first-order valence-electron chi connectivity index (χ1n) is 19.6. The number of aromatic nitrogens is 6. The van der Waals surface area contributed by atoms with Crippen molar-refractivity contribution >= 4 is 49.8 Å². The molecule has 0 saturated carbocycles. The number of hydrogen-bond donors (Lipinski definition) is 0. The molecule has 0 unspecified atom stereocenters. The summed E-state index contributed by atoms with van der Waals surface area (Å²) in [5.41, 5.74) is 14.4. The molecule has 0 amide bonds. The normalized spacial score (nSPS) is 11.4. The van der Waals surface area contributed by atoms with Crippen LogP contribution < -0.4 is 4.90 Å². The van der Waals surface area contributed by atoms with Crippen LogP contribution in [0.25, 0.3) is 77.7 Å². The molecule has 11 rings (SSSR count). The Morgan fingerprint density at radius 3 is 1.64 bits per heavy atom. The lowest BCUT2D eigenvalue weighted by Gasteiger charge is -2.26. The first-order chi connectivity index (χ1) is 29.3. The molecular formula is C52H35N7. The second kappa shape index (κ2) is 14.4. The molecule has 278 valence electrons. The van der Waals surface area contributed by atoms with E-state index in [0.717, 1.165) is 56.3 Å². The number of hydrogen-bond acceptors (Lipinski definition) is 5. The minimum absolute atomic E-state index is 0.641. The van der Waals surface area contributed by atoms with Crippen molar-refractivity contribution in [2.24, 2.45) is 0 Å². The van der Waals surface area contributed by atoms with Gasteiger partial charge in [-0.1, -0.05) is 78.9 Å². The SMILES string of the molecule is c1ccc(-n2ccc3c2ccc2c4cc(-c5ccc(N(c6ccc(-c7cccnc7)cc6)c6ccc(-c7ncncn7)cc6)cc5)ccc4n(-c4ccccc4)c23)cc1. The summed E-state index contributed by atoms with van der Waals surface area (Å²) in [6, 6.07) is 64.8. The molecule has 0 saturated heterocycles. The number of pyridine rings is 1. The fraction of sp³-hybridized carbons (Fsp3) is 0. The zero-order valence-electron chi connectivity index (χ0n) is 31.8. The first kappa shape index (κ1) is 34.1. The summed E-state index contributed by atoms with van der Waals surface area (Å²) in [7, 11) is 0. The highest BCUT2D eigenvalue weighted by Crippen LogP contribution is 2.41. The van der Waals surface area contributed by atoms with E-state index in [0.29, 0.717) is 5.82 Å². The molecule has 0 N–H and O–H groups in total. The summed E-state index contributed by atoms with van der Waals surface area (Å²) in [6.07, 6.45) is 8.92. The van der Waals surface area contributed by atoms with Crippen molar-refractivity contribution in [3.63, 3.8) is 0 Å². The third kappa shape index (κ3) is 6.09. The van der Waals surface area contributed by atoms with E-state index in [-0.39, 0.29) is 0 Å². The smallest absolute Gasteiger partial charge is 0.162 e. The number of rotatable bonds is 8. The lowest BCUT2D eigenvalue weighted by atomic mass is 10.0. The predicted octanol–water partition coefficient (Wildman–Crippen LogP) is 12.8. The highest BCUT2D eigenvalue weighted by Gasteiger charge is 2.19. The second-order valence-corrected chi connectivity index (χ2v) is 14.5. The Hall–Kier alpha value is -8.16. The molecule has 7 heteroatoms. The van der Waals surface area contributed by atoms with Crippen LogP contribution in [0.3, 0.4) is 0 Å². The van der Waals surface area contributed by atoms with Gasteiger partial charge >= 0.3 is 0 Å². The Balaban J connectivity index is 1.00. The number of nitrogens with zero attached hydrogens (tertiary/aromatic N) is 7. The lowest BCUT2D eigenvalue weighted by Crippen LogP contribution is -2.09. The van der Waals surface area contributed by atoms with E-state index >= 15 is 0 Å². The Labute approximate surface area is 340 Å². The maximum Gasteiger partial charge on any atom is 0.162 e. The molecule has 0 fully saturated rings. The van der Waals surface area contributed by atoms with Gasteiger partial charge in [-0.2, -0.15) is 0 Å². The Kier molecular flexibility index (Phi) is 8.33. The molecule has 0 aliphatic heterocycles. The van der Waals surface area contributed by atoms with Crippen molar-refractivity contribution in [2.75, 3.05) is 4.90 Å². The number of anilines is 3. The van der Waals surface area contributed by atoms with Crippen LogP contribution in [0.1, 0.15) is 0 Å². The highest BCUT2D eigenvalue weighted by molar-refractivity contribution is 6.19. The van der Waals surface area contributed by atoms with Gasteiger partial charge in [0, 0.05) is 68.7 Å². The quantitative estimate of drug-likeness (QED) is 0.154. The standard InChI is InChI=1S/C52H35N7/c1-3-9-41(10-4-1)57-31-29-47-49(57)28-26-46-48-32-39(19-27-50(48)59(51(46)47)42-11-5-2-6-12-42)36-13-20-43(21-14-36)58(44-22-15-37(16-23-44)40-8-7-30-53-33-40)45-24-17-38(18-25-45)52-55-34-54-35-56-52/h1-35H. The van der Waals surface area contributed by atoms with Gasteiger partial charge in [-0.25, -0.2) is 15.0 Å². The Bertz CT molecular complexity index is 3130. The summed E-state index contributed by atoms with van der Waals surface area (Å²) >= 11 is 0. The highest BCUT2D eigenvalue weighted by atomic mass is 15.1. The molecule has 4 aromatic heterocycles. The zero-order valence-corrected chi connectivity index (χ0v) is 31.8. The number of para-hydroxylation sites is 2. The average molecular weight is 758 g/mol. The summed E-state index contributed by atoms with van der Waals surface area (Å²) < 4.78 is 4.69. The lowest BCUT2D eigenvalue weighted by molar-refractivity contribution is 1.06. The van der Waals surface area contributed by atoms with Crippen molar-refractivity contribution in [3.05, 3.63) is 213 Å². The average Bonchev–Trinajstić information content (AvgIpc) is 3.90. The summed E-state index contributed by atoms with van der Waals surface area (Å²) in [5.74, 6) is 0.641. The Morgan fingerprint density at radius 1 is 0.407 bits per heavy atom. The van der Waals surface area contributed by atoms with E-state index in [1.165, 1.54) is 45.4 Å². The van der Waals surface area contributed by atoms with Crippen LogP contribution >= 0.6 is 0 Å². The van der Waals surface area contributed by atoms with Gasteiger partial charge in [0.25, 0.3) is 0 Å². The van der Waals surface area contributed by atoms with Crippen molar-refractivity contribution < 1.29 is 0 Å². The number of benzene rings is 7. The van der Waals surface area contributed by atoms with E-state index in [2.05, 4.69) is 216 Å². The molecule has 11 aromatic rings. The maximum absolute atomic E-state index is 4.35. The van der Waals surface area contributed by atoms with E-state index < -0.39 is 0 Å². The van der Waals surface area contributed by atoms with Gasteiger partial charge in [0.05, 0.1) is 16.6 Å². The van der Waals surface area contributed by atoms with E-state index in [9.17, 15) is 0 Å². The van der Waals surface area contributed by atoms with Crippen LogP contribution in [0, 0.1) is 0 Å². The third-order valence-electron chi connectivity index (χ3n) is 11.1. The van der Waals surface area contributed by atoms with Gasteiger partial charge in [0.15, 0.2) is 5.82 Å². The van der Waals surface area contributed by atoms with Gasteiger partial charge in [-0.15, -0.1) is 0 Å². The van der Waals surface area contributed by atoms with Gasteiger partial charge < -0.3 is 14.0 Å². The van der Waals surface area contributed by atoms with Crippen LogP contribution in [-0.2, 0) is 0 Å². The van der Waals surface area contributed by atoms with Crippen LogP contribution in [0.5, 0.6) is 0 Å². The van der Waals surface area contributed by atoms with Crippen molar-refractivity contribution in [1.29, 1.82) is 0 Å². The molecule has 0 radical (unpaired) electrons. The molecular weight excluding hydrogens is 723 g/mol. The van der Waals surface area contributed by atoms with Gasteiger partial charge in [0.1, 0.15) is 12.7 Å². The van der Waals surface area contributed by atoms with Gasteiger partial charge in [-0.3, -0.25) is 4.98 Å². The summed E-state index contributed by atoms with van der Waals surface area (Å²) in [4.78, 5) is 19.3. The summed E-state index contributed by atoms with van der Waals surface area (Å²) in [5, 5.41) is 3.66. The summed E-state index contributed by atoms with van der Waals surface area (Å²) in [6.45, 7) is 0. The van der Waals surface area contributed by atoms with Crippen LogP contribution in [0.15, 0.2) is 213 Å². The minimum atomic E-state index is 0.641. The topological polar surface area (TPSA) is 64.7 Å². The maximum atomic E-state index is 4.35. The molecule has 0 aliphatic rings. The molecule has 0 aliphatic carbocycles. The van der Waals surface area contributed by atoms with Gasteiger partial charge in [-0.05, 0) is 125 Å². The zero-order chi connectivity index (χ0) is 39.1. The fourth-order valence-electron chi connectivity index (χ4n) is 8.30. The largest absolute Gasteiger partial charge is 0.316 e. The monoisotopic (exact) mass is 757 g/mol. The molecule has 59 heavy (non-hydrogen) atoms. The molecule has 0 spiro atoms. The molecule has 0 bridgehead atoms. The first-order valence-corrected chi connectivity index (χ1v) is 19.6. The molecule has 0 atom stereocenters. The van der Waals surface area contributed by atoms with Crippen LogP contribution in [0.2, 0.25) is 0 Å². The fourth-order valence-corrected chi connectivity index (χ4v) is 8.30. The second-order valence-electron chi connectivity index (χ2n) is 14.5. The van der Waals surface area contributed by atoms with E-state index in [4.69, 9.17) is 0 Å². The van der Waals surface area contributed by atoms with Gasteiger partial charge in [0.2, 0.25) is 0 Å². The van der Waals surface area contributed by atoms with Crippen molar-refractivity contribution in [1.82, 2.24) is 29.1 Å². The van der Waals surface area contributed by atoms with Crippen LogP contribution in [0.4, 0.5) is 17.1 Å². The minimum Gasteiger partial charge on any atom is -0.316 e. The Morgan fingerprint density at radius 2 is 1.00 bits per heavy atom. The van der Waals surface area contributed by atoms with E-state index in [1.54, 1.807) is 6.20 Å². The van der Waals surface area contributed by atoms with Crippen LogP contribution in [-0.4, -0.2) is 29.1 Å². The third-order valence-corrected chi connectivity index (χ3v) is 11.1. The van der Waals surface area contributed by atoms with Crippen molar-refractivity contribution in [2.45, 2.75) is 0 Å². The molecule has 4 heterocycles. The molecule has 7 nitrogen and oxygen atoms in total. The predicted molar refractivity (Wildman–Crippen MR) is 240 cm³/mol. The van der Waals surface area contributed by atoms with Crippen molar-refractivity contribution in [3.8, 4) is 45.0 Å². The van der Waals surface area contributed by atoms with E-state index in [1.807, 2.05) is 12.3 Å². The number of fused-ring (bicyclic) bond motifs is 5.